The van der Waals surface area contributed by atoms with Gasteiger partial charge < -0.3 is 13.9 Å². The van der Waals surface area contributed by atoms with Gasteiger partial charge in [0.2, 0.25) is 0 Å². The molecule has 314 valence electrons. The fourth-order valence-electron chi connectivity index (χ4n) is 10.1. The first-order valence-corrected chi connectivity index (χ1v) is 22.9. The van der Waals surface area contributed by atoms with Gasteiger partial charge in [-0.05, 0) is 134 Å². The number of rotatable bonds is 8. The summed E-state index contributed by atoms with van der Waals surface area (Å²) in [4.78, 5) is 2.35. The van der Waals surface area contributed by atoms with Crippen LogP contribution in [0.5, 0.6) is 0 Å². The molecule has 0 aliphatic heterocycles. The van der Waals surface area contributed by atoms with Gasteiger partial charge in [0.15, 0.2) is 0 Å². The van der Waals surface area contributed by atoms with Crippen molar-refractivity contribution in [3.63, 3.8) is 0 Å². The molecule has 0 aliphatic rings. The van der Waals surface area contributed by atoms with Crippen LogP contribution >= 0.6 is 0 Å². The minimum Gasteiger partial charge on any atom is -0.456 e. The number of para-hydroxylation sites is 3. The highest BCUT2D eigenvalue weighted by Crippen LogP contribution is 2.41. The zero-order chi connectivity index (χ0) is 44.3. The molecule has 0 fully saturated rings. The van der Waals surface area contributed by atoms with Gasteiger partial charge in [-0.25, -0.2) is 0 Å². The monoisotopic (exact) mass is 854 g/mol. The lowest BCUT2D eigenvalue weighted by Gasteiger charge is -2.26. The summed E-state index contributed by atoms with van der Waals surface area (Å²) < 4.78 is 8.59. The number of anilines is 3. The molecule has 3 nitrogen and oxygen atoms in total. The third-order valence-corrected chi connectivity index (χ3v) is 13.4. The summed E-state index contributed by atoms with van der Waals surface area (Å²) in [5.74, 6) is 0. The van der Waals surface area contributed by atoms with Crippen molar-refractivity contribution in [1.82, 2.24) is 4.57 Å². The van der Waals surface area contributed by atoms with Gasteiger partial charge in [0.25, 0.3) is 0 Å². The first-order valence-electron chi connectivity index (χ1n) is 22.9. The summed E-state index contributed by atoms with van der Waals surface area (Å²) in [7, 11) is 0. The summed E-state index contributed by atoms with van der Waals surface area (Å²) in [6.45, 7) is 0. The summed E-state index contributed by atoms with van der Waals surface area (Å²) in [6.07, 6.45) is 0. The highest BCUT2D eigenvalue weighted by molar-refractivity contribution is 6.12. The fraction of sp³-hybridized carbons (Fsp3) is 0. The molecule has 2 heterocycles. The van der Waals surface area contributed by atoms with Crippen LogP contribution in [0.4, 0.5) is 17.1 Å². The van der Waals surface area contributed by atoms with E-state index in [1.807, 2.05) is 12.1 Å². The maximum Gasteiger partial charge on any atom is 0.136 e. The largest absolute Gasteiger partial charge is 0.456 e. The molecule has 2 aromatic heterocycles. The Labute approximate surface area is 388 Å². The molecule has 67 heavy (non-hydrogen) atoms. The molecule has 0 unspecified atom stereocenters. The molecule has 11 aromatic carbocycles. The molecule has 0 saturated carbocycles. The molecule has 0 radical (unpaired) electrons. The fourth-order valence-corrected chi connectivity index (χ4v) is 10.1. The number of benzene rings is 11. The van der Waals surface area contributed by atoms with Crippen molar-refractivity contribution in [2.24, 2.45) is 0 Å². The molecule has 13 rings (SSSR count). The van der Waals surface area contributed by atoms with Gasteiger partial charge in [-0.2, -0.15) is 0 Å². The Morgan fingerprint density at radius 3 is 1.40 bits per heavy atom. The van der Waals surface area contributed by atoms with Crippen LogP contribution in [0.3, 0.4) is 0 Å². The second-order valence-electron chi connectivity index (χ2n) is 17.3. The van der Waals surface area contributed by atoms with Crippen LogP contribution in [0.2, 0.25) is 0 Å². The topological polar surface area (TPSA) is 21.3 Å². The lowest BCUT2D eigenvalue weighted by atomic mass is 9.97. The van der Waals surface area contributed by atoms with Crippen molar-refractivity contribution in [2.75, 3.05) is 4.90 Å². The van der Waals surface area contributed by atoms with Gasteiger partial charge in [-0.3, -0.25) is 0 Å². The molecule has 0 N–H and O–H groups in total. The third-order valence-electron chi connectivity index (χ3n) is 13.4. The Bertz CT molecular complexity index is 3900. The average Bonchev–Trinajstić information content (AvgIpc) is 3.96. The zero-order valence-electron chi connectivity index (χ0n) is 36.6. The first-order chi connectivity index (χ1) is 33.2. The predicted octanol–water partition coefficient (Wildman–Crippen LogP) is 18.0. The van der Waals surface area contributed by atoms with Crippen molar-refractivity contribution in [3.8, 4) is 50.2 Å². The van der Waals surface area contributed by atoms with Gasteiger partial charge in [0.05, 0.1) is 11.0 Å². The van der Waals surface area contributed by atoms with Gasteiger partial charge in [0, 0.05) is 44.3 Å². The smallest absolute Gasteiger partial charge is 0.136 e. The Morgan fingerprint density at radius 2 is 0.761 bits per heavy atom. The maximum atomic E-state index is 6.20. The molecule has 0 bridgehead atoms. The van der Waals surface area contributed by atoms with E-state index in [9.17, 15) is 0 Å². The van der Waals surface area contributed by atoms with Crippen molar-refractivity contribution < 1.29 is 4.42 Å². The quantitative estimate of drug-likeness (QED) is 0.152. The van der Waals surface area contributed by atoms with Crippen LogP contribution in [0.15, 0.2) is 259 Å². The van der Waals surface area contributed by atoms with Crippen LogP contribution in [-0.2, 0) is 0 Å². The van der Waals surface area contributed by atoms with Crippen molar-refractivity contribution in [2.45, 2.75) is 0 Å². The summed E-state index contributed by atoms with van der Waals surface area (Å²) in [5, 5.41) is 7.30. The van der Waals surface area contributed by atoms with E-state index in [4.69, 9.17) is 4.42 Å². The van der Waals surface area contributed by atoms with Crippen molar-refractivity contribution in [3.05, 3.63) is 255 Å². The van der Waals surface area contributed by atoms with E-state index in [1.165, 1.54) is 60.4 Å². The van der Waals surface area contributed by atoms with Crippen molar-refractivity contribution >= 4 is 71.6 Å². The third kappa shape index (κ3) is 6.76. The van der Waals surface area contributed by atoms with Crippen LogP contribution in [0, 0.1) is 0 Å². The minimum absolute atomic E-state index is 0.908. The Kier molecular flexibility index (Phi) is 9.17. The molecular weight excluding hydrogens is 813 g/mol. The number of hydrogen-bond donors (Lipinski definition) is 0. The molecule has 13 aromatic rings. The lowest BCUT2D eigenvalue weighted by molar-refractivity contribution is 0.669. The second-order valence-corrected chi connectivity index (χ2v) is 17.3. The Hall–Kier alpha value is -8.92. The summed E-state index contributed by atoms with van der Waals surface area (Å²) in [5.41, 5.74) is 18.0. The lowest BCUT2D eigenvalue weighted by Crippen LogP contribution is -2.09. The Morgan fingerprint density at radius 1 is 0.299 bits per heavy atom. The Balaban J connectivity index is 0.845. The van der Waals surface area contributed by atoms with E-state index < -0.39 is 0 Å². The number of hydrogen-bond acceptors (Lipinski definition) is 2. The normalized spacial score (nSPS) is 11.6. The average molecular weight is 855 g/mol. The maximum absolute atomic E-state index is 6.20. The van der Waals surface area contributed by atoms with Gasteiger partial charge in [-0.15, -0.1) is 0 Å². The van der Waals surface area contributed by atoms with E-state index in [1.54, 1.807) is 0 Å². The van der Waals surface area contributed by atoms with Gasteiger partial charge >= 0.3 is 0 Å². The first kappa shape index (κ1) is 38.5. The van der Waals surface area contributed by atoms with E-state index in [-0.39, 0.29) is 0 Å². The van der Waals surface area contributed by atoms with Crippen LogP contribution in [0.1, 0.15) is 0 Å². The van der Waals surface area contributed by atoms with E-state index in [0.717, 1.165) is 61.4 Å². The van der Waals surface area contributed by atoms with E-state index in [0.29, 0.717) is 0 Å². The summed E-state index contributed by atoms with van der Waals surface area (Å²) >= 11 is 0. The standard InChI is InChI=1S/C64H42N2O/c1-2-12-49-41-51(28-25-43(49)11-1)47-33-39-54(40-34-47)65(52-35-29-45(30-36-52)44-23-26-48(27-24-44)56-18-10-22-63-64(56)59-17-5-8-21-62(59)67-63)53-37-31-46(32-38-53)50-13-9-14-55(42-50)66-60-19-6-3-15-57(60)58-16-4-7-20-61(58)66/h1-42H. The molecule has 0 spiro atoms. The van der Waals surface area contributed by atoms with Crippen LogP contribution in [-0.4, -0.2) is 4.57 Å². The molecule has 0 amide bonds. The van der Waals surface area contributed by atoms with Crippen LogP contribution in [0.25, 0.3) is 105 Å². The highest BCUT2D eigenvalue weighted by atomic mass is 16.3. The molecule has 0 aliphatic carbocycles. The summed E-state index contributed by atoms with van der Waals surface area (Å²) in [6, 6.07) is 91.9. The number of furan rings is 1. The van der Waals surface area contributed by atoms with E-state index in [2.05, 4.69) is 252 Å². The molecule has 0 saturated heterocycles. The number of aromatic nitrogens is 1. The second kappa shape index (κ2) is 16.0. The number of fused-ring (bicyclic) bond motifs is 7. The number of nitrogens with zero attached hydrogens (tertiary/aromatic N) is 2. The predicted molar refractivity (Wildman–Crippen MR) is 282 cm³/mol. The zero-order valence-corrected chi connectivity index (χ0v) is 36.6. The minimum atomic E-state index is 0.908. The van der Waals surface area contributed by atoms with Gasteiger partial charge in [-0.1, -0.05) is 176 Å². The van der Waals surface area contributed by atoms with E-state index >= 15 is 0 Å². The molecule has 0 atom stereocenters. The molecule has 3 heteroatoms. The van der Waals surface area contributed by atoms with Gasteiger partial charge in [0.1, 0.15) is 11.2 Å². The van der Waals surface area contributed by atoms with Crippen LogP contribution < -0.4 is 4.90 Å². The highest BCUT2D eigenvalue weighted by Gasteiger charge is 2.17. The SMILES string of the molecule is c1cc(-c2ccc(N(c3ccc(-c4ccc(-c5cccc6oc7ccccc7c56)cc4)cc3)c3ccc(-c4ccc5ccccc5c4)cc3)cc2)cc(-n2c3ccccc3c3ccccc32)c1. The molecular formula is C64H42N2O. The van der Waals surface area contributed by atoms with Crippen molar-refractivity contribution in [1.29, 1.82) is 0 Å².